The fraction of sp³-hybridized carbons (Fsp3) is 0.174. The molecule has 0 aliphatic carbocycles. The minimum atomic E-state index is -1.05. The van der Waals surface area contributed by atoms with Crippen molar-refractivity contribution in [1.29, 1.82) is 0 Å². The second kappa shape index (κ2) is 7.98. The zero-order valence-electron chi connectivity index (χ0n) is 15.7. The number of nitrogens with one attached hydrogen (secondary N) is 1. The van der Waals surface area contributed by atoms with Crippen molar-refractivity contribution >= 4 is 28.1 Å². The number of anilines is 2. The highest BCUT2D eigenvalue weighted by Gasteiger charge is 2.19. The Hall–Kier alpha value is -2.92. The summed E-state index contributed by atoms with van der Waals surface area (Å²) in [7, 11) is -1.05. The van der Waals surface area contributed by atoms with Crippen molar-refractivity contribution in [1.82, 2.24) is 0 Å². The van der Waals surface area contributed by atoms with Gasteiger partial charge in [-0.1, -0.05) is 36.4 Å². The number of benzene rings is 3. The fourth-order valence-electron chi connectivity index (χ4n) is 3.55. The van der Waals surface area contributed by atoms with Crippen LogP contribution in [0.15, 0.2) is 77.7 Å². The first kappa shape index (κ1) is 18.4. The largest absolute Gasteiger partial charge is 0.367 e. The normalized spacial score (nSPS) is 13.8. The topological polar surface area (TPSA) is 49.4 Å². The second-order valence-electron chi connectivity index (χ2n) is 6.89. The van der Waals surface area contributed by atoms with Gasteiger partial charge in [0.05, 0.1) is 0 Å². The van der Waals surface area contributed by atoms with Crippen LogP contribution in [0.3, 0.4) is 0 Å². The van der Waals surface area contributed by atoms with E-state index >= 15 is 0 Å². The van der Waals surface area contributed by atoms with E-state index < -0.39 is 10.8 Å². The predicted octanol–water partition coefficient (Wildman–Crippen LogP) is 4.24. The lowest BCUT2D eigenvalue weighted by atomic mass is 10.1. The predicted molar refractivity (Wildman–Crippen MR) is 114 cm³/mol. The van der Waals surface area contributed by atoms with Gasteiger partial charge in [0.2, 0.25) is 0 Å². The molecule has 3 aromatic rings. The van der Waals surface area contributed by atoms with E-state index in [-0.39, 0.29) is 5.91 Å². The Labute approximate surface area is 167 Å². The molecule has 1 aliphatic rings. The van der Waals surface area contributed by atoms with E-state index in [4.69, 9.17) is 0 Å². The maximum Gasteiger partial charge on any atom is 0.255 e. The lowest BCUT2D eigenvalue weighted by molar-refractivity contribution is 0.102. The lowest BCUT2D eigenvalue weighted by Gasteiger charge is -2.21. The quantitative estimate of drug-likeness (QED) is 0.709. The molecule has 5 heteroatoms. The monoisotopic (exact) mass is 390 g/mol. The Kier molecular flexibility index (Phi) is 5.26. The standard InChI is InChI=1S/C23H22N2O2S/c1-28(27)20-12-10-18(11-13-20)23(26)24-21-8-4-2-7-19(21)16-25-15-14-17-6-3-5-9-22(17)25/h2-13H,14-16H2,1H3,(H,24,26). The van der Waals surface area contributed by atoms with E-state index in [1.54, 1.807) is 30.5 Å². The number of carbonyl (C=O) groups excluding carboxylic acids is 1. The van der Waals surface area contributed by atoms with E-state index in [9.17, 15) is 9.00 Å². The molecule has 0 saturated heterocycles. The SMILES string of the molecule is CS(=O)c1ccc(C(=O)Nc2ccccc2CN2CCc3ccccc32)cc1. The van der Waals surface area contributed by atoms with Gasteiger partial charge in [0, 0.05) is 52.0 Å². The van der Waals surface area contributed by atoms with Crippen molar-refractivity contribution in [3.63, 3.8) is 0 Å². The number of carbonyl (C=O) groups is 1. The molecule has 1 atom stereocenters. The third-order valence-corrected chi connectivity index (χ3v) is 5.99. The molecule has 1 unspecified atom stereocenters. The van der Waals surface area contributed by atoms with Crippen molar-refractivity contribution in [2.45, 2.75) is 17.9 Å². The number of amides is 1. The van der Waals surface area contributed by atoms with Crippen LogP contribution in [0.1, 0.15) is 21.5 Å². The van der Waals surface area contributed by atoms with Crippen LogP contribution >= 0.6 is 0 Å². The van der Waals surface area contributed by atoms with Gasteiger partial charge in [0.25, 0.3) is 5.91 Å². The zero-order valence-corrected chi connectivity index (χ0v) is 16.5. The van der Waals surface area contributed by atoms with Crippen LogP contribution in [0.4, 0.5) is 11.4 Å². The summed E-state index contributed by atoms with van der Waals surface area (Å²) in [4.78, 5) is 15.7. The van der Waals surface area contributed by atoms with E-state index in [0.717, 1.165) is 30.8 Å². The van der Waals surface area contributed by atoms with Crippen molar-refractivity contribution in [3.05, 3.63) is 89.5 Å². The third-order valence-electron chi connectivity index (χ3n) is 5.06. The Morgan fingerprint density at radius 3 is 2.50 bits per heavy atom. The molecule has 1 amide bonds. The van der Waals surface area contributed by atoms with Crippen LogP contribution in [-0.2, 0) is 23.8 Å². The molecule has 0 fully saturated rings. The molecule has 1 N–H and O–H groups in total. The molecule has 0 spiro atoms. The first-order valence-electron chi connectivity index (χ1n) is 9.27. The van der Waals surface area contributed by atoms with Crippen LogP contribution in [0.25, 0.3) is 0 Å². The maximum absolute atomic E-state index is 12.7. The number of nitrogens with zero attached hydrogens (tertiary/aromatic N) is 1. The van der Waals surface area contributed by atoms with E-state index in [1.807, 2.05) is 18.2 Å². The Bertz CT molecular complexity index is 1030. The summed E-state index contributed by atoms with van der Waals surface area (Å²) in [5, 5.41) is 3.03. The van der Waals surface area contributed by atoms with Gasteiger partial charge in [-0.15, -0.1) is 0 Å². The minimum absolute atomic E-state index is 0.164. The van der Waals surface area contributed by atoms with Gasteiger partial charge < -0.3 is 10.2 Å². The smallest absolute Gasteiger partial charge is 0.255 e. The summed E-state index contributed by atoms with van der Waals surface area (Å²) in [5.74, 6) is -0.164. The van der Waals surface area contributed by atoms with Crippen molar-refractivity contribution in [2.75, 3.05) is 23.0 Å². The third kappa shape index (κ3) is 3.85. The lowest BCUT2D eigenvalue weighted by Crippen LogP contribution is -2.21. The van der Waals surface area contributed by atoms with Gasteiger partial charge in [-0.3, -0.25) is 9.00 Å². The van der Waals surface area contributed by atoms with Crippen LogP contribution in [-0.4, -0.2) is 22.9 Å². The Balaban J connectivity index is 1.52. The maximum atomic E-state index is 12.7. The Morgan fingerprint density at radius 1 is 1.00 bits per heavy atom. The van der Waals surface area contributed by atoms with Crippen LogP contribution < -0.4 is 10.2 Å². The van der Waals surface area contributed by atoms with Gasteiger partial charge >= 0.3 is 0 Å². The molecular formula is C23H22N2O2S. The molecule has 0 aromatic heterocycles. The average molecular weight is 391 g/mol. The molecule has 3 aromatic carbocycles. The van der Waals surface area contributed by atoms with Crippen molar-refractivity contribution < 1.29 is 9.00 Å². The van der Waals surface area contributed by atoms with Gasteiger partial charge in [0.1, 0.15) is 0 Å². The van der Waals surface area contributed by atoms with Crippen LogP contribution in [0.5, 0.6) is 0 Å². The summed E-state index contributed by atoms with van der Waals surface area (Å²) in [6, 6.07) is 23.3. The molecule has 0 radical (unpaired) electrons. The highest BCUT2D eigenvalue weighted by Crippen LogP contribution is 2.30. The van der Waals surface area contributed by atoms with E-state index in [1.165, 1.54) is 11.3 Å². The first-order chi connectivity index (χ1) is 13.6. The van der Waals surface area contributed by atoms with Crippen molar-refractivity contribution in [3.8, 4) is 0 Å². The molecule has 0 bridgehead atoms. The van der Waals surface area contributed by atoms with E-state index in [2.05, 4.69) is 40.5 Å². The zero-order chi connectivity index (χ0) is 19.5. The van der Waals surface area contributed by atoms with Crippen LogP contribution in [0, 0.1) is 0 Å². The minimum Gasteiger partial charge on any atom is -0.367 e. The van der Waals surface area contributed by atoms with Gasteiger partial charge in [0.15, 0.2) is 0 Å². The molecule has 4 nitrogen and oxygen atoms in total. The average Bonchev–Trinajstić information content (AvgIpc) is 3.12. The summed E-state index contributed by atoms with van der Waals surface area (Å²) < 4.78 is 11.5. The van der Waals surface area contributed by atoms with Crippen molar-refractivity contribution in [2.24, 2.45) is 0 Å². The molecule has 1 aliphatic heterocycles. The molecule has 0 saturated carbocycles. The molecular weight excluding hydrogens is 368 g/mol. The number of para-hydroxylation sites is 2. The number of fused-ring (bicyclic) bond motifs is 1. The van der Waals surface area contributed by atoms with Gasteiger partial charge in [-0.05, 0) is 53.9 Å². The van der Waals surface area contributed by atoms with Gasteiger partial charge in [-0.2, -0.15) is 0 Å². The summed E-state index contributed by atoms with van der Waals surface area (Å²) in [5.41, 5.74) is 5.10. The number of hydrogen-bond donors (Lipinski definition) is 1. The van der Waals surface area contributed by atoms with Crippen LogP contribution in [0.2, 0.25) is 0 Å². The number of rotatable bonds is 5. The summed E-state index contributed by atoms with van der Waals surface area (Å²) >= 11 is 0. The molecule has 142 valence electrons. The van der Waals surface area contributed by atoms with Gasteiger partial charge in [-0.25, -0.2) is 0 Å². The summed E-state index contributed by atoms with van der Waals surface area (Å²) in [6.45, 7) is 1.73. The fourth-order valence-corrected chi connectivity index (χ4v) is 4.07. The van der Waals surface area contributed by atoms with E-state index in [0.29, 0.717) is 10.5 Å². The molecule has 4 rings (SSSR count). The highest BCUT2D eigenvalue weighted by atomic mass is 32.2. The number of hydrogen-bond acceptors (Lipinski definition) is 3. The molecule has 28 heavy (non-hydrogen) atoms. The first-order valence-corrected chi connectivity index (χ1v) is 10.8. The second-order valence-corrected chi connectivity index (χ2v) is 8.27. The Morgan fingerprint density at radius 2 is 1.71 bits per heavy atom. The molecule has 1 heterocycles. The summed E-state index contributed by atoms with van der Waals surface area (Å²) in [6.07, 6.45) is 2.68. The highest BCUT2D eigenvalue weighted by molar-refractivity contribution is 7.84.